The van der Waals surface area contributed by atoms with Gasteiger partial charge >= 0.3 is 0 Å². The molecule has 0 atom stereocenters. The lowest BCUT2D eigenvalue weighted by Crippen LogP contribution is -2.33. The summed E-state index contributed by atoms with van der Waals surface area (Å²) >= 11 is 3.45. The second kappa shape index (κ2) is 6.45. The van der Waals surface area contributed by atoms with Crippen LogP contribution in [-0.4, -0.2) is 10.9 Å². The van der Waals surface area contributed by atoms with Gasteiger partial charge in [-0.05, 0) is 42.7 Å². The zero-order valence-electron chi connectivity index (χ0n) is 13.6. The van der Waals surface area contributed by atoms with Gasteiger partial charge in [-0.25, -0.2) is 0 Å². The van der Waals surface area contributed by atoms with Crippen molar-refractivity contribution in [2.45, 2.75) is 18.4 Å². The van der Waals surface area contributed by atoms with E-state index in [0.29, 0.717) is 0 Å². The number of hydrogen-bond donors (Lipinski definition) is 1. The summed E-state index contributed by atoms with van der Waals surface area (Å²) in [4.78, 5) is 16.8. The van der Waals surface area contributed by atoms with Gasteiger partial charge in [0.1, 0.15) is 0 Å². The van der Waals surface area contributed by atoms with Crippen molar-refractivity contribution in [1.82, 2.24) is 10.3 Å². The molecule has 1 aromatic heterocycles. The zero-order chi connectivity index (χ0) is 17.3. The van der Waals surface area contributed by atoms with E-state index in [1.165, 1.54) is 0 Å². The van der Waals surface area contributed by atoms with Gasteiger partial charge < -0.3 is 5.32 Å². The van der Waals surface area contributed by atoms with E-state index in [1.54, 1.807) is 12.3 Å². The number of para-hydroxylation sites is 1. The van der Waals surface area contributed by atoms with Gasteiger partial charge in [0.15, 0.2) is 0 Å². The Morgan fingerprint density at radius 2 is 1.84 bits per heavy atom. The van der Waals surface area contributed by atoms with Crippen molar-refractivity contribution in [1.29, 1.82) is 0 Å². The average Bonchev–Trinajstić information content (AvgIpc) is 3.41. The highest BCUT2D eigenvalue weighted by molar-refractivity contribution is 9.10. The highest BCUT2D eigenvalue weighted by Gasteiger charge is 2.45. The molecule has 1 saturated carbocycles. The van der Waals surface area contributed by atoms with E-state index in [-0.39, 0.29) is 11.4 Å². The fourth-order valence-electron chi connectivity index (χ4n) is 3.09. The Hall–Kier alpha value is -2.46. The minimum Gasteiger partial charge on any atom is -0.343 e. The van der Waals surface area contributed by atoms with E-state index in [9.17, 15) is 4.79 Å². The first-order valence-corrected chi connectivity index (χ1v) is 9.06. The fourth-order valence-corrected chi connectivity index (χ4v) is 3.35. The molecular weight excluding hydrogens is 376 g/mol. The Balaban J connectivity index is 1.52. The number of aromatic nitrogens is 1. The molecule has 0 saturated heterocycles. The molecule has 1 aliphatic rings. The summed E-state index contributed by atoms with van der Waals surface area (Å²) in [5, 5.41) is 4.23. The zero-order valence-corrected chi connectivity index (χ0v) is 15.2. The molecule has 124 valence electrons. The van der Waals surface area contributed by atoms with E-state index in [4.69, 9.17) is 0 Å². The Morgan fingerprint density at radius 1 is 1.08 bits per heavy atom. The maximum atomic E-state index is 12.4. The largest absolute Gasteiger partial charge is 0.343 e. The number of nitrogens with one attached hydrogen (secondary N) is 1. The second-order valence-corrected chi connectivity index (χ2v) is 7.25. The normalized spacial score (nSPS) is 15.4. The maximum absolute atomic E-state index is 12.4. The van der Waals surface area contributed by atoms with Crippen molar-refractivity contribution in [3.05, 3.63) is 82.5 Å². The van der Waals surface area contributed by atoms with E-state index in [1.807, 2.05) is 48.5 Å². The highest BCUT2D eigenvalue weighted by Crippen LogP contribution is 2.45. The molecule has 1 N–H and O–H groups in total. The van der Waals surface area contributed by atoms with Crippen LogP contribution in [-0.2, 0) is 10.3 Å². The number of fused-ring (bicyclic) bond motifs is 1. The second-order valence-electron chi connectivity index (χ2n) is 6.33. The van der Waals surface area contributed by atoms with Crippen LogP contribution in [0.1, 0.15) is 24.0 Å². The van der Waals surface area contributed by atoms with Crippen LogP contribution < -0.4 is 5.32 Å². The van der Waals surface area contributed by atoms with Crippen molar-refractivity contribution in [2.75, 3.05) is 0 Å². The van der Waals surface area contributed by atoms with E-state index in [2.05, 4.69) is 38.4 Å². The quantitative estimate of drug-likeness (QED) is 0.646. The van der Waals surface area contributed by atoms with Gasteiger partial charge in [-0.2, -0.15) is 0 Å². The van der Waals surface area contributed by atoms with Gasteiger partial charge in [-0.3, -0.25) is 9.78 Å². The van der Waals surface area contributed by atoms with Crippen LogP contribution in [0.5, 0.6) is 0 Å². The molecule has 0 unspecified atom stereocenters. The van der Waals surface area contributed by atoms with Crippen LogP contribution in [0.15, 0.2) is 71.3 Å². The van der Waals surface area contributed by atoms with Crippen molar-refractivity contribution < 1.29 is 4.79 Å². The minimum atomic E-state index is -0.209. The number of nitrogens with zero attached hydrogens (tertiary/aromatic N) is 1. The van der Waals surface area contributed by atoms with Gasteiger partial charge in [0.05, 0.1) is 11.1 Å². The molecule has 3 aromatic rings. The number of carbonyl (C=O) groups excluding carboxylic acids is 1. The van der Waals surface area contributed by atoms with Crippen molar-refractivity contribution in [3.8, 4) is 0 Å². The Kier molecular flexibility index (Phi) is 4.14. The van der Waals surface area contributed by atoms with Crippen LogP contribution in [0.25, 0.3) is 17.0 Å². The maximum Gasteiger partial charge on any atom is 0.244 e. The summed E-state index contributed by atoms with van der Waals surface area (Å²) in [6.45, 7) is 0. The number of halogens is 1. The third-order valence-electron chi connectivity index (χ3n) is 4.59. The van der Waals surface area contributed by atoms with Gasteiger partial charge in [0.2, 0.25) is 5.91 Å². The summed E-state index contributed by atoms with van der Waals surface area (Å²) in [6.07, 6.45) is 7.16. The van der Waals surface area contributed by atoms with Crippen LogP contribution in [0.3, 0.4) is 0 Å². The van der Waals surface area contributed by atoms with Crippen LogP contribution in [0.2, 0.25) is 0 Å². The highest BCUT2D eigenvalue weighted by atomic mass is 79.9. The molecule has 4 heteroatoms. The van der Waals surface area contributed by atoms with Gasteiger partial charge in [0, 0.05) is 27.7 Å². The Labute approximate surface area is 154 Å². The molecule has 0 aliphatic heterocycles. The van der Waals surface area contributed by atoms with Crippen molar-refractivity contribution in [2.24, 2.45) is 0 Å². The van der Waals surface area contributed by atoms with E-state index in [0.717, 1.165) is 39.3 Å². The molecule has 1 fully saturated rings. The van der Waals surface area contributed by atoms with E-state index < -0.39 is 0 Å². The SMILES string of the molecule is O=C(/C=C/c1cccc2cccnc12)NC1(c2ccc(Br)cc2)CC1. The summed E-state index contributed by atoms with van der Waals surface area (Å²) in [7, 11) is 0. The predicted octanol–water partition coefficient (Wildman–Crippen LogP) is 4.82. The first-order valence-electron chi connectivity index (χ1n) is 8.26. The molecule has 3 nitrogen and oxygen atoms in total. The third kappa shape index (κ3) is 3.35. The first kappa shape index (κ1) is 16.0. The summed E-state index contributed by atoms with van der Waals surface area (Å²) < 4.78 is 1.04. The number of rotatable bonds is 4. The fraction of sp³-hybridized carbons (Fsp3) is 0.143. The van der Waals surface area contributed by atoms with Crippen molar-refractivity contribution in [3.63, 3.8) is 0 Å². The average molecular weight is 393 g/mol. The minimum absolute atomic E-state index is 0.0756. The number of pyridine rings is 1. The topological polar surface area (TPSA) is 42.0 Å². The van der Waals surface area contributed by atoms with Gasteiger partial charge in [-0.15, -0.1) is 0 Å². The lowest BCUT2D eigenvalue weighted by molar-refractivity contribution is -0.117. The summed E-state index contributed by atoms with van der Waals surface area (Å²) in [5.74, 6) is -0.0756. The summed E-state index contributed by atoms with van der Waals surface area (Å²) in [5.41, 5.74) is 2.80. The molecule has 4 rings (SSSR count). The molecule has 0 spiro atoms. The lowest BCUT2D eigenvalue weighted by atomic mass is 10.0. The molecule has 0 radical (unpaired) electrons. The molecule has 1 aliphatic carbocycles. The lowest BCUT2D eigenvalue weighted by Gasteiger charge is -2.17. The Bertz CT molecular complexity index is 954. The van der Waals surface area contributed by atoms with Gasteiger partial charge in [0.25, 0.3) is 0 Å². The number of amides is 1. The third-order valence-corrected chi connectivity index (χ3v) is 5.12. The first-order chi connectivity index (χ1) is 12.2. The van der Waals surface area contributed by atoms with Crippen LogP contribution in [0, 0.1) is 0 Å². The summed E-state index contributed by atoms with van der Waals surface area (Å²) in [6, 6.07) is 18.1. The van der Waals surface area contributed by atoms with E-state index >= 15 is 0 Å². The smallest absolute Gasteiger partial charge is 0.244 e. The van der Waals surface area contributed by atoms with Crippen molar-refractivity contribution >= 4 is 38.8 Å². The number of hydrogen-bond acceptors (Lipinski definition) is 2. The monoisotopic (exact) mass is 392 g/mol. The number of carbonyl (C=O) groups is 1. The standard InChI is InChI=1S/C21H17BrN2O/c22-18-9-7-17(8-10-18)21(12-13-21)24-19(25)11-6-16-4-1-3-15-5-2-14-23-20(15)16/h1-11,14H,12-13H2,(H,24,25)/b11-6+. The predicted molar refractivity (Wildman–Crippen MR) is 104 cm³/mol. The molecule has 25 heavy (non-hydrogen) atoms. The van der Waals surface area contributed by atoms with Crippen LogP contribution >= 0.6 is 15.9 Å². The molecular formula is C21H17BrN2O. The number of benzene rings is 2. The molecule has 0 bridgehead atoms. The molecule has 2 aromatic carbocycles. The van der Waals surface area contributed by atoms with Gasteiger partial charge in [-0.1, -0.05) is 52.3 Å². The molecule has 1 heterocycles. The van der Waals surface area contributed by atoms with Crippen LogP contribution in [0.4, 0.5) is 0 Å². The Morgan fingerprint density at radius 3 is 2.60 bits per heavy atom. The molecule has 1 amide bonds.